The third-order valence-electron chi connectivity index (χ3n) is 4.51. The van der Waals surface area contributed by atoms with E-state index in [1.165, 1.54) is 0 Å². The van der Waals surface area contributed by atoms with Crippen LogP contribution >= 0.6 is 12.4 Å². The Balaban J connectivity index is 0.00000261. The van der Waals surface area contributed by atoms with Crippen LogP contribution in [0.2, 0.25) is 0 Å². The van der Waals surface area contributed by atoms with Crippen LogP contribution in [0.25, 0.3) is 0 Å². The Bertz CT molecular complexity index is 882. The van der Waals surface area contributed by atoms with Crippen LogP contribution < -0.4 is 15.4 Å². The van der Waals surface area contributed by atoms with Gasteiger partial charge < -0.3 is 10.6 Å². The van der Waals surface area contributed by atoms with E-state index in [4.69, 9.17) is 0 Å². The highest BCUT2D eigenvalue weighted by atomic mass is 35.5. The molecule has 0 bridgehead atoms. The van der Waals surface area contributed by atoms with E-state index in [1.54, 1.807) is 42.1 Å². The third-order valence-corrected chi connectivity index (χ3v) is 5.82. The largest absolute Gasteiger partial charge is 0.326 e. The molecule has 0 saturated carbocycles. The predicted molar refractivity (Wildman–Crippen MR) is 108 cm³/mol. The van der Waals surface area contributed by atoms with Crippen molar-refractivity contribution in [3.05, 3.63) is 42.2 Å². The molecule has 1 aromatic heterocycles. The van der Waals surface area contributed by atoms with Gasteiger partial charge in [-0.15, -0.1) is 12.4 Å². The van der Waals surface area contributed by atoms with Crippen molar-refractivity contribution in [2.75, 3.05) is 28.9 Å². The minimum atomic E-state index is -3.31. The lowest BCUT2D eigenvalue weighted by molar-refractivity contribution is -0.119. The van der Waals surface area contributed by atoms with Crippen molar-refractivity contribution < 1.29 is 13.2 Å². The SMILES string of the molecule is CCS(=O)(=O)Nc1ccc(NC(=O)[C@H]2CNC[C@@H]2c2cnn(C)c2)cc1.Cl. The number of amides is 1. The van der Waals surface area contributed by atoms with Crippen LogP contribution in [-0.4, -0.2) is 42.9 Å². The van der Waals surface area contributed by atoms with E-state index < -0.39 is 10.0 Å². The second-order valence-corrected chi connectivity index (χ2v) is 8.40. The monoisotopic (exact) mass is 413 g/mol. The normalized spacial score (nSPS) is 19.3. The number of carbonyl (C=O) groups is 1. The molecule has 1 amide bonds. The van der Waals surface area contributed by atoms with Gasteiger partial charge in [0.1, 0.15) is 0 Å². The first kappa shape index (κ1) is 21.2. The molecule has 1 fully saturated rings. The molecular formula is C17H24ClN5O3S. The van der Waals surface area contributed by atoms with Gasteiger partial charge in [-0.3, -0.25) is 14.2 Å². The van der Waals surface area contributed by atoms with Gasteiger partial charge in [0.15, 0.2) is 0 Å². The highest BCUT2D eigenvalue weighted by Crippen LogP contribution is 2.29. The van der Waals surface area contributed by atoms with Gasteiger partial charge in [0.2, 0.25) is 15.9 Å². The van der Waals surface area contributed by atoms with Gasteiger partial charge in [-0.05, 0) is 36.8 Å². The fourth-order valence-corrected chi connectivity index (χ4v) is 3.68. The molecule has 1 aliphatic heterocycles. The zero-order valence-corrected chi connectivity index (χ0v) is 16.8. The second-order valence-electron chi connectivity index (χ2n) is 6.39. The Labute approximate surface area is 165 Å². The molecule has 0 unspecified atom stereocenters. The lowest BCUT2D eigenvalue weighted by Crippen LogP contribution is -2.28. The topological polar surface area (TPSA) is 105 Å². The Morgan fingerprint density at radius 1 is 1.26 bits per heavy atom. The summed E-state index contributed by atoms with van der Waals surface area (Å²) in [6.45, 7) is 2.92. The molecule has 27 heavy (non-hydrogen) atoms. The lowest BCUT2D eigenvalue weighted by atomic mass is 9.90. The number of halogens is 1. The van der Waals surface area contributed by atoms with E-state index in [9.17, 15) is 13.2 Å². The van der Waals surface area contributed by atoms with Gasteiger partial charge >= 0.3 is 0 Å². The number of benzene rings is 1. The molecule has 1 aromatic carbocycles. The molecule has 8 nitrogen and oxygen atoms in total. The molecule has 0 radical (unpaired) electrons. The maximum Gasteiger partial charge on any atom is 0.232 e. The average Bonchev–Trinajstić information content (AvgIpc) is 3.25. The Kier molecular flexibility index (Phi) is 6.85. The molecule has 3 N–H and O–H groups in total. The molecule has 10 heteroatoms. The van der Waals surface area contributed by atoms with E-state index in [1.807, 2.05) is 13.2 Å². The summed E-state index contributed by atoms with van der Waals surface area (Å²) < 4.78 is 27.4. The molecule has 0 spiro atoms. The first-order chi connectivity index (χ1) is 12.4. The van der Waals surface area contributed by atoms with Crippen LogP contribution in [0.3, 0.4) is 0 Å². The van der Waals surface area contributed by atoms with Crippen LogP contribution in [0.1, 0.15) is 18.4 Å². The molecule has 1 saturated heterocycles. The van der Waals surface area contributed by atoms with Crippen molar-refractivity contribution in [1.82, 2.24) is 15.1 Å². The smallest absolute Gasteiger partial charge is 0.232 e. The fourth-order valence-electron chi connectivity index (χ4n) is 3.04. The average molecular weight is 414 g/mol. The number of rotatable bonds is 6. The lowest BCUT2D eigenvalue weighted by Gasteiger charge is -2.17. The van der Waals surface area contributed by atoms with E-state index in [-0.39, 0.29) is 35.9 Å². The van der Waals surface area contributed by atoms with Crippen molar-refractivity contribution in [2.45, 2.75) is 12.8 Å². The summed E-state index contributed by atoms with van der Waals surface area (Å²) in [4.78, 5) is 12.7. The number of nitrogens with one attached hydrogen (secondary N) is 3. The van der Waals surface area contributed by atoms with Crippen LogP contribution in [0, 0.1) is 5.92 Å². The van der Waals surface area contributed by atoms with E-state index in [0.29, 0.717) is 17.9 Å². The van der Waals surface area contributed by atoms with Gasteiger partial charge in [-0.1, -0.05) is 0 Å². The number of hydrogen-bond donors (Lipinski definition) is 3. The van der Waals surface area contributed by atoms with Crippen molar-refractivity contribution in [3.63, 3.8) is 0 Å². The minimum Gasteiger partial charge on any atom is -0.326 e. The van der Waals surface area contributed by atoms with Crippen LogP contribution in [0.5, 0.6) is 0 Å². The van der Waals surface area contributed by atoms with Crippen LogP contribution in [0.15, 0.2) is 36.7 Å². The van der Waals surface area contributed by atoms with Crippen molar-refractivity contribution in [2.24, 2.45) is 13.0 Å². The highest BCUT2D eigenvalue weighted by Gasteiger charge is 2.34. The van der Waals surface area contributed by atoms with Crippen molar-refractivity contribution in [3.8, 4) is 0 Å². The van der Waals surface area contributed by atoms with E-state index in [0.717, 1.165) is 12.1 Å². The van der Waals surface area contributed by atoms with Gasteiger partial charge in [0.25, 0.3) is 0 Å². The summed E-state index contributed by atoms with van der Waals surface area (Å²) in [7, 11) is -1.45. The molecule has 0 aliphatic carbocycles. The van der Waals surface area contributed by atoms with E-state index in [2.05, 4.69) is 20.5 Å². The fraction of sp³-hybridized carbons (Fsp3) is 0.412. The molecule has 148 valence electrons. The first-order valence-corrected chi connectivity index (χ1v) is 10.1. The Morgan fingerprint density at radius 3 is 2.52 bits per heavy atom. The van der Waals surface area contributed by atoms with Crippen LogP contribution in [-0.2, 0) is 21.9 Å². The van der Waals surface area contributed by atoms with Crippen molar-refractivity contribution in [1.29, 1.82) is 0 Å². The number of nitrogens with zero attached hydrogens (tertiary/aromatic N) is 2. The standard InChI is InChI=1S/C17H23N5O3S.ClH/c1-3-26(24,25)21-14-6-4-13(5-7-14)20-17(23)16-10-18-9-15(16)12-8-19-22(2)11-12;/h4-8,11,15-16,18,21H,3,9-10H2,1-2H3,(H,20,23);1H/t15-,16+;/m1./s1. The number of aryl methyl sites for hydroxylation is 1. The molecule has 2 heterocycles. The number of hydrogen-bond acceptors (Lipinski definition) is 5. The minimum absolute atomic E-state index is 0. The second kappa shape index (κ2) is 8.73. The summed E-state index contributed by atoms with van der Waals surface area (Å²) in [6.07, 6.45) is 3.74. The first-order valence-electron chi connectivity index (χ1n) is 8.48. The number of sulfonamides is 1. The summed E-state index contributed by atoms with van der Waals surface area (Å²) >= 11 is 0. The zero-order valence-electron chi connectivity index (χ0n) is 15.2. The van der Waals surface area contributed by atoms with Gasteiger partial charge in [0.05, 0.1) is 17.9 Å². The van der Waals surface area contributed by atoms with Crippen molar-refractivity contribution >= 4 is 39.7 Å². The highest BCUT2D eigenvalue weighted by molar-refractivity contribution is 7.92. The molecule has 3 rings (SSSR count). The summed E-state index contributed by atoms with van der Waals surface area (Å²) in [5, 5.41) is 10.4. The Hall–Kier alpha value is -2.10. The summed E-state index contributed by atoms with van der Waals surface area (Å²) in [5.74, 6) is -0.154. The summed E-state index contributed by atoms with van der Waals surface area (Å²) in [5.41, 5.74) is 2.15. The maximum absolute atomic E-state index is 12.7. The van der Waals surface area contributed by atoms with Gasteiger partial charge in [-0.25, -0.2) is 8.42 Å². The van der Waals surface area contributed by atoms with Gasteiger partial charge in [0, 0.05) is 43.6 Å². The van der Waals surface area contributed by atoms with Gasteiger partial charge in [-0.2, -0.15) is 5.10 Å². The summed E-state index contributed by atoms with van der Waals surface area (Å²) in [6, 6.07) is 6.64. The van der Waals surface area contributed by atoms with E-state index >= 15 is 0 Å². The quantitative estimate of drug-likeness (QED) is 0.666. The zero-order chi connectivity index (χ0) is 18.7. The number of carbonyl (C=O) groups excluding carboxylic acids is 1. The molecule has 1 aliphatic rings. The predicted octanol–water partition coefficient (Wildman–Crippen LogP) is 1.55. The molecular weight excluding hydrogens is 390 g/mol. The number of aromatic nitrogens is 2. The maximum atomic E-state index is 12.7. The molecule has 2 atom stereocenters. The molecule has 2 aromatic rings. The Morgan fingerprint density at radius 2 is 1.93 bits per heavy atom. The number of anilines is 2. The van der Waals surface area contributed by atoms with Crippen LogP contribution in [0.4, 0.5) is 11.4 Å². The third kappa shape index (κ3) is 5.21.